The van der Waals surface area contributed by atoms with Gasteiger partial charge in [-0.15, -0.1) is 0 Å². The molecule has 27 heavy (non-hydrogen) atoms. The number of halogens is 2. The highest BCUT2D eigenvalue weighted by Gasteiger charge is 2.10. The summed E-state index contributed by atoms with van der Waals surface area (Å²) in [5, 5.41) is 10.4. The van der Waals surface area contributed by atoms with Crippen molar-refractivity contribution >= 4 is 73.7 Å². The molecule has 136 valence electrons. The maximum absolute atomic E-state index is 6.04. The second kappa shape index (κ2) is 7.39. The smallest absolute Gasteiger partial charge is 0.175 e. The van der Waals surface area contributed by atoms with Crippen molar-refractivity contribution in [3.8, 4) is 0 Å². The minimum Gasteiger partial charge on any atom is -0.341 e. The first kappa shape index (κ1) is 18.1. The summed E-state index contributed by atoms with van der Waals surface area (Å²) in [5.74, 6) is 0. The minimum atomic E-state index is 0.479. The molecule has 4 aromatic rings. The third-order valence-electron chi connectivity index (χ3n) is 4.47. The molecule has 0 aliphatic heterocycles. The van der Waals surface area contributed by atoms with E-state index in [0.29, 0.717) is 15.2 Å². The lowest BCUT2D eigenvalue weighted by molar-refractivity contribution is 0.827. The summed E-state index contributed by atoms with van der Waals surface area (Å²) < 4.78 is 2.32. The van der Waals surface area contributed by atoms with E-state index in [1.807, 2.05) is 6.07 Å². The summed E-state index contributed by atoms with van der Waals surface area (Å²) in [6, 6.07) is 20.0. The van der Waals surface area contributed by atoms with Crippen LogP contribution in [0.3, 0.4) is 0 Å². The fourth-order valence-corrected chi connectivity index (χ4v) is 4.15. The molecule has 0 radical (unpaired) electrons. The molecule has 0 unspecified atom stereocenters. The molecule has 0 bridgehead atoms. The number of benzene rings is 3. The van der Waals surface area contributed by atoms with E-state index in [-0.39, 0.29) is 0 Å². The molecule has 0 spiro atoms. The minimum absolute atomic E-state index is 0.479. The van der Waals surface area contributed by atoms with Gasteiger partial charge in [0.1, 0.15) is 0 Å². The monoisotopic (exact) mass is 413 g/mol. The fraction of sp³-hybridized carbons (Fsp3) is 0.0952. The Labute approximate surface area is 172 Å². The molecule has 4 rings (SSSR count). The Bertz CT molecular complexity index is 1150. The first-order valence-electron chi connectivity index (χ1n) is 8.60. The van der Waals surface area contributed by atoms with Crippen LogP contribution in [0.2, 0.25) is 10.0 Å². The van der Waals surface area contributed by atoms with Gasteiger partial charge < -0.3 is 15.2 Å². The van der Waals surface area contributed by atoms with Gasteiger partial charge in [0.25, 0.3) is 0 Å². The first-order valence-corrected chi connectivity index (χ1v) is 9.76. The van der Waals surface area contributed by atoms with Crippen LogP contribution in [-0.2, 0) is 6.54 Å². The van der Waals surface area contributed by atoms with Gasteiger partial charge in [-0.2, -0.15) is 0 Å². The van der Waals surface area contributed by atoms with Crippen LogP contribution in [0.4, 0.5) is 11.4 Å². The second-order valence-electron chi connectivity index (χ2n) is 6.23. The predicted octanol–water partition coefficient (Wildman–Crippen LogP) is 6.93. The van der Waals surface area contributed by atoms with Gasteiger partial charge in [0.05, 0.1) is 0 Å². The lowest BCUT2D eigenvalue weighted by Crippen LogP contribution is -2.19. The van der Waals surface area contributed by atoms with E-state index in [2.05, 4.69) is 58.5 Å². The van der Waals surface area contributed by atoms with E-state index in [9.17, 15) is 0 Å². The number of nitrogens with one attached hydrogen (secondary N) is 2. The molecule has 3 nitrogen and oxygen atoms in total. The number of hydrogen-bond donors (Lipinski definition) is 2. The Morgan fingerprint density at radius 1 is 0.852 bits per heavy atom. The quantitative estimate of drug-likeness (QED) is 0.356. The van der Waals surface area contributed by atoms with Crippen molar-refractivity contribution in [2.24, 2.45) is 0 Å². The molecule has 0 atom stereocenters. The van der Waals surface area contributed by atoms with E-state index in [0.717, 1.165) is 17.9 Å². The fourth-order valence-electron chi connectivity index (χ4n) is 3.39. The molecule has 0 aliphatic rings. The van der Waals surface area contributed by atoms with Gasteiger partial charge in [-0.1, -0.05) is 41.4 Å². The normalized spacial score (nSPS) is 11.1. The topological polar surface area (TPSA) is 29.0 Å². The highest BCUT2D eigenvalue weighted by atomic mass is 35.5. The zero-order valence-electron chi connectivity index (χ0n) is 14.6. The van der Waals surface area contributed by atoms with Crippen molar-refractivity contribution in [3.05, 3.63) is 70.7 Å². The van der Waals surface area contributed by atoms with Crippen molar-refractivity contribution in [3.63, 3.8) is 0 Å². The van der Waals surface area contributed by atoms with Crippen molar-refractivity contribution in [2.75, 3.05) is 10.6 Å². The summed E-state index contributed by atoms with van der Waals surface area (Å²) >= 11 is 17.5. The average molecular weight is 414 g/mol. The van der Waals surface area contributed by atoms with Gasteiger partial charge in [0.15, 0.2) is 5.11 Å². The largest absolute Gasteiger partial charge is 0.341 e. The number of para-hydroxylation sites is 1. The molecule has 0 aliphatic carbocycles. The number of nitrogens with zero attached hydrogens (tertiary/aromatic N) is 1. The van der Waals surface area contributed by atoms with E-state index >= 15 is 0 Å². The third-order valence-corrected chi connectivity index (χ3v) is 5.11. The molecule has 2 N–H and O–H groups in total. The maximum Gasteiger partial charge on any atom is 0.175 e. The lowest BCUT2D eigenvalue weighted by Gasteiger charge is -2.12. The molecule has 3 aromatic carbocycles. The van der Waals surface area contributed by atoms with Gasteiger partial charge in [-0.3, -0.25) is 0 Å². The number of thiocarbonyl (C=S) groups is 1. The maximum atomic E-state index is 6.04. The summed E-state index contributed by atoms with van der Waals surface area (Å²) in [7, 11) is 0. The van der Waals surface area contributed by atoms with Crippen LogP contribution in [-0.4, -0.2) is 9.68 Å². The van der Waals surface area contributed by atoms with Crippen molar-refractivity contribution < 1.29 is 0 Å². The average Bonchev–Trinajstić information content (AvgIpc) is 2.94. The number of aryl methyl sites for hydroxylation is 1. The van der Waals surface area contributed by atoms with Gasteiger partial charge >= 0.3 is 0 Å². The van der Waals surface area contributed by atoms with E-state index < -0.39 is 0 Å². The second-order valence-corrected chi connectivity index (χ2v) is 7.51. The third kappa shape index (κ3) is 3.61. The molecular weight excluding hydrogens is 397 g/mol. The van der Waals surface area contributed by atoms with Gasteiger partial charge in [-0.25, -0.2) is 0 Å². The molecule has 1 aromatic heterocycles. The van der Waals surface area contributed by atoms with Crippen LogP contribution in [0, 0.1) is 0 Å². The lowest BCUT2D eigenvalue weighted by atomic mass is 10.1. The standard InChI is InChI=1S/C21H17Cl2N3S/c1-2-26-19-6-4-3-5-17(19)18-12-15(7-8-20(18)26)24-21(27)25-16-10-13(22)9-14(23)11-16/h3-12H,2H2,1H3,(H2,24,25,27). The molecule has 0 fully saturated rings. The van der Waals surface area contributed by atoms with Gasteiger partial charge in [0.2, 0.25) is 0 Å². The highest BCUT2D eigenvalue weighted by Crippen LogP contribution is 2.31. The summed E-state index contributed by atoms with van der Waals surface area (Å²) in [5.41, 5.74) is 4.12. The number of fused-ring (bicyclic) bond motifs is 3. The number of rotatable bonds is 3. The molecular formula is C21H17Cl2N3S. The Kier molecular flexibility index (Phi) is 4.96. The summed E-state index contributed by atoms with van der Waals surface area (Å²) in [6.45, 7) is 3.08. The Balaban J connectivity index is 1.64. The first-order chi connectivity index (χ1) is 13.0. The van der Waals surface area contributed by atoms with E-state index in [1.54, 1.807) is 18.2 Å². The van der Waals surface area contributed by atoms with Crippen molar-refractivity contribution in [1.29, 1.82) is 0 Å². The van der Waals surface area contributed by atoms with Crippen molar-refractivity contribution in [1.82, 2.24) is 4.57 Å². The predicted molar refractivity (Wildman–Crippen MR) is 121 cm³/mol. The van der Waals surface area contributed by atoms with Crippen LogP contribution in [0.1, 0.15) is 6.92 Å². The Morgan fingerprint density at radius 2 is 1.52 bits per heavy atom. The van der Waals surface area contributed by atoms with E-state index in [4.69, 9.17) is 35.4 Å². The zero-order chi connectivity index (χ0) is 19.0. The van der Waals surface area contributed by atoms with Crippen molar-refractivity contribution in [2.45, 2.75) is 13.5 Å². The molecule has 1 heterocycles. The molecule has 0 saturated carbocycles. The van der Waals surface area contributed by atoms with Crippen LogP contribution in [0.15, 0.2) is 60.7 Å². The van der Waals surface area contributed by atoms with Crippen LogP contribution in [0.25, 0.3) is 21.8 Å². The van der Waals surface area contributed by atoms with Crippen LogP contribution in [0.5, 0.6) is 0 Å². The number of aromatic nitrogens is 1. The van der Waals surface area contributed by atoms with Gasteiger partial charge in [-0.05, 0) is 61.6 Å². The van der Waals surface area contributed by atoms with E-state index in [1.165, 1.54) is 21.8 Å². The zero-order valence-corrected chi connectivity index (χ0v) is 16.9. The van der Waals surface area contributed by atoms with Gasteiger partial charge in [0, 0.05) is 49.8 Å². The number of anilines is 2. The Morgan fingerprint density at radius 3 is 2.26 bits per heavy atom. The number of hydrogen-bond acceptors (Lipinski definition) is 1. The Hall–Kier alpha value is -2.27. The summed E-state index contributed by atoms with van der Waals surface area (Å²) in [6.07, 6.45) is 0. The molecule has 0 amide bonds. The highest BCUT2D eigenvalue weighted by molar-refractivity contribution is 7.80. The van der Waals surface area contributed by atoms with Crippen LogP contribution < -0.4 is 10.6 Å². The molecule has 0 saturated heterocycles. The van der Waals surface area contributed by atoms with Crippen LogP contribution >= 0.6 is 35.4 Å². The SMILES string of the molecule is CCn1c2ccccc2c2cc(NC(=S)Nc3cc(Cl)cc(Cl)c3)ccc21. The molecule has 6 heteroatoms. The summed E-state index contributed by atoms with van der Waals surface area (Å²) in [4.78, 5) is 0.